The molecule has 1 aromatic heterocycles. The van der Waals surface area contributed by atoms with Crippen molar-refractivity contribution in [3.05, 3.63) is 52.8 Å². The molecule has 0 radical (unpaired) electrons. The van der Waals surface area contributed by atoms with Gasteiger partial charge in [0, 0.05) is 29.4 Å². The molecular weight excluding hydrogens is 316 g/mol. The molecule has 4 heteroatoms. The van der Waals surface area contributed by atoms with E-state index in [4.69, 9.17) is 0 Å². The lowest BCUT2D eigenvalue weighted by atomic mass is 10.1. The molecule has 0 spiro atoms. The molecule has 0 unspecified atom stereocenters. The summed E-state index contributed by atoms with van der Waals surface area (Å²) < 4.78 is 2.34. The highest BCUT2D eigenvalue weighted by molar-refractivity contribution is 7.80. The molecule has 0 aliphatic heterocycles. The number of nitrogens with zero attached hydrogens (tertiary/aromatic N) is 1. The predicted molar refractivity (Wildman–Crippen MR) is 103 cm³/mol. The first-order chi connectivity index (χ1) is 11.5. The molecule has 2 aromatic rings. The van der Waals surface area contributed by atoms with Crippen molar-refractivity contribution in [1.29, 1.82) is 0 Å². The average molecular weight is 345 g/mol. The lowest BCUT2D eigenvalue weighted by molar-refractivity contribution is 0.0950. The third kappa shape index (κ3) is 4.91. The van der Waals surface area contributed by atoms with Crippen LogP contribution in [0.4, 0.5) is 0 Å². The molecule has 0 fully saturated rings. The third-order valence-corrected chi connectivity index (χ3v) is 4.78. The second-order valence-electron chi connectivity index (χ2n) is 6.33. The molecule has 3 nitrogen and oxygen atoms in total. The molecule has 0 atom stereocenters. The van der Waals surface area contributed by atoms with Crippen molar-refractivity contribution in [2.45, 2.75) is 57.9 Å². The highest BCUT2D eigenvalue weighted by Crippen LogP contribution is 2.18. The van der Waals surface area contributed by atoms with Gasteiger partial charge in [-0.1, -0.05) is 19.4 Å². The van der Waals surface area contributed by atoms with Crippen LogP contribution in [0.15, 0.2) is 35.2 Å². The number of hydrogen-bond donors (Lipinski definition) is 2. The number of rotatable bonds is 8. The van der Waals surface area contributed by atoms with E-state index in [-0.39, 0.29) is 5.91 Å². The lowest BCUT2D eigenvalue weighted by Gasteiger charge is -2.11. The number of aryl methyl sites for hydroxylation is 3. The summed E-state index contributed by atoms with van der Waals surface area (Å²) >= 11 is 4.43. The maximum atomic E-state index is 12.3. The van der Waals surface area contributed by atoms with Gasteiger partial charge in [0.25, 0.3) is 5.91 Å². The largest absolute Gasteiger partial charge is 0.352 e. The molecular formula is C20H28N2OS. The first kappa shape index (κ1) is 18.7. The van der Waals surface area contributed by atoms with Crippen molar-refractivity contribution in [3.8, 4) is 0 Å². The van der Waals surface area contributed by atoms with E-state index in [1.807, 2.05) is 12.1 Å². The Labute approximate surface area is 150 Å². The van der Waals surface area contributed by atoms with Gasteiger partial charge in [0.1, 0.15) is 0 Å². The molecule has 1 N–H and O–H groups in total. The maximum Gasteiger partial charge on any atom is 0.252 e. The molecule has 0 aliphatic rings. The quantitative estimate of drug-likeness (QED) is 0.534. The summed E-state index contributed by atoms with van der Waals surface area (Å²) in [5, 5.41) is 2.97. The zero-order valence-corrected chi connectivity index (χ0v) is 15.8. The van der Waals surface area contributed by atoms with Crippen molar-refractivity contribution in [2.75, 3.05) is 6.54 Å². The van der Waals surface area contributed by atoms with Crippen LogP contribution in [0.2, 0.25) is 0 Å². The summed E-state index contributed by atoms with van der Waals surface area (Å²) in [6.45, 7) is 8.12. The van der Waals surface area contributed by atoms with Crippen molar-refractivity contribution in [3.63, 3.8) is 0 Å². The van der Waals surface area contributed by atoms with Crippen molar-refractivity contribution < 1.29 is 4.79 Å². The molecule has 2 rings (SSSR count). The summed E-state index contributed by atoms with van der Waals surface area (Å²) in [5.41, 5.74) is 4.47. The fourth-order valence-corrected chi connectivity index (χ4v) is 3.13. The van der Waals surface area contributed by atoms with Crippen LogP contribution in [0.25, 0.3) is 0 Å². The number of hydrogen-bond acceptors (Lipinski definition) is 2. The Bertz CT molecular complexity index is 671. The number of amides is 1. The Balaban J connectivity index is 1.96. The zero-order valence-electron chi connectivity index (χ0n) is 14.9. The first-order valence-corrected chi connectivity index (χ1v) is 9.20. The van der Waals surface area contributed by atoms with Gasteiger partial charge >= 0.3 is 0 Å². The molecule has 1 amide bonds. The highest BCUT2D eigenvalue weighted by atomic mass is 32.1. The molecule has 0 aliphatic carbocycles. The van der Waals surface area contributed by atoms with Crippen LogP contribution in [0, 0.1) is 13.8 Å². The Kier molecular flexibility index (Phi) is 6.98. The molecule has 1 aromatic carbocycles. The smallest absolute Gasteiger partial charge is 0.252 e. The van der Waals surface area contributed by atoms with Gasteiger partial charge in [-0.2, -0.15) is 0 Å². The number of unbranched alkanes of at least 4 members (excludes halogenated alkanes) is 1. The van der Waals surface area contributed by atoms with Gasteiger partial charge in [0.05, 0.1) is 5.56 Å². The number of carbonyl (C=O) groups is 1. The van der Waals surface area contributed by atoms with E-state index in [0.717, 1.165) is 43.7 Å². The molecule has 24 heavy (non-hydrogen) atoms. The number of benzene rings is 1. The normalized spacial score (nSPS) is 10.8. The highest BCUT2D eigenvalue weighted by Gasteiger charge is 2.10. The van der Waals surface area contributed by atoms with Gasteiger partial charge in [0.2, 0.25) is 0 Å². The maximum absolute atomic E-state index is 12.3. The van der Waals surface area contributed by atoms with Crippen LogP contribution >= 0.6 is 12.6 Å². The van der Waals surface area contributed by atoms with E-state index in [2.05, 4.69) is 61.5 Å². The molecule has 1 heterocycles. The summed E-state index contributed by atoms with van der Waals surface area (Å²) in [6, 6.07) is 10.3. The Hall–Kier alpha value is -1.68. The minimum atomic E-state index is -0.0209. The van der Waals surface area contributed by atoms with E-state index in [1.54, 1.807) is 0 Å². The molecule has 130 valence electrons. The second-order valence-corrected chi connectivity index (χ2v) is 6.81. The summed E-state index contributed by atoms with van der Waals surface area (Å²) in [5.74, 6) is -0.0209. The molecule has 0 saturated carbocycles. The van der Waals surface area contributed by atoms with Gasteiger partial charge in [-0.3, -0.25) is 4.79 Å². The number of aromatic nitrogens is 1. The SMILES string of the molecule is CCCCNC(=O)c1cc(CCCn2c(C)ccc2C)ccc1S. The van der Waals surface area contributed by atoms with E-state index >= 15 is 0 Å². The van der Waals surface area contributed by atoms with Crippen LogP contribution in [0.1, 0.15) is 53.5 Å². The van der Waals surface area contributed by atoms with Gasteiger partial charge in [-0.25, -0.2) is 0 Å². The van der Waals surface area contributed by atoms with Crippen LogP contribution in [-0.4, -0.2) is 17.0 Å². The van der Waals surface area contributed by atoms with E-state index < -0.39 is 0 Å². The fraction of sp³-hybridized carbons (Fsp3) is 0.450. The summed E-state index contributed by atoms with van der Waals surface area (Å²) in [4.78, 5) is 13.0. The van der Waals surface area contributed by atoms with Crippen LogP contribution < -0.4 is 5.32 Å². The zero-order chi connectivity index (χ0) is 17.5. The van der Waals surface area contributed by atoms with Crippen molar-refractivity contribution in [1.82, 2.24) is 9.88 Å². The van der Waals surface area contributed by atoms with Gasteiger partial charge < -0.3 is 9.88 Å². The van der Waals surface area contributed by atoms with Crippen LogP contribution in [-0.2, 0) is 13.0 Å². The summed E-state index contributed by atoms with van der Waals surface area (Å²) in [7, 11) is 0. The van der Waals surface area contributed by atoms with Crippen molar-refractivity contribution in [2.24, 2.45) is 0 Å². The monoisotopic (exact) mass is 344 g/mol. The standard InChI is InChI=1S/C20H28N2OS/c1-4-5-12-21-20(23)18-14-17(10-11-19(18)24)7-6-13-22-15(2)8-9-16(22)3/h8-11,14,24H,4-7,12-13H2,1-3H3,(H,21,23). The average Bonchev–Trinajstić information content (AvgIpc) is 2.88. The minimum absolute atomic E-state index is 0.0209. The van der Waals surface area contributed by atoms with E-state index in [0.29, 0.717) is 5.56 Å². The predicted octanol–water partition coefficient (Wildman–Crippen LogP) is 4.56. The second kappa shape index (κ2) is 8.97. The number of nitrogens with one attached hydrogen (secondary N) is 1. The van der Waals surface area contributed by atoms with Gasteiger partial charge in [-0.05, 0) is 62.9 Å². The van der Waals surface area contributed by atoms with Gasteiger partial charge in [-0.15, -0.1) is 12.6 Å². The van der Waals surface area contributed by atoms with E-state index in [9.17, 15) is 4.79 Å². The van der Waals surface area contributed by atoms with Crippen LogP contribution in [0.5, 0.6) is 0 Å². The van der Waals surface area contributed by atoms with Crippen LogP contribution in [0.3, 0.4) is 0 Å². The van der Waals surface area contributed by atoms with Crippen molar-refractivity contribution >= 4 is 18.5 Å². The topological polar surface area (TPSA) is 34.0 Å². The fourth-order valence-electron chi connectivity index (χ4n) is 2.89. The first-order valence-electron chi connectivity index (χ1n) is 8.75. The van der Waals surface area contributed by atoms with Gasteiger partial charge in [0.15, 0.2) is 0 Å². The third-order valence-electron chi connectivity index (χ3n) is 4.39. The minimum Gasteiger partial charge on any atom is -0.352 e. The molecule has 0 saturated heterocycles. The molecule has 0 bridgehead atoms. The number of thiol groups is 1. The Morgan fingerprint density at radius 2 is 1.83 bits per heavy atom. The summed E-state index contributed by atoms with van der Waals surface area (Å²) in [6.07, 6.45) is 4.09. The number of carbonyl (C=O) groups excluding carboxylic acids is 1. The van der Waals surface area contributed by atoms with E-state index in [1.165, 1.54) is 17.0 Å². The Morgan fingerprint density at radius 3 is 2.50 bits per heavy atom. The lowest BCUT2D eigenvalue weighted by Crippen LogP contribution is -2.24. The Morgan fingerprint density at radius 1 is 1.12 bits per heavy atom.